The van der Waals surface area contributed by atoms with E-state index in [2.05, 4.69) is 25.9 Å². The third kappa shape index (κ3) is 1.34. The van der Waals surface area contributed by atoms with Gasteiger partial charge in [0.15, 0.2) is 0 Å². The molecule has 3 heteroatoms. The second-order valence-electron chi connectivity index (χ2n) is 2.27. The minimum absolute atomic E-state index is 0.843. The normalized spacial score (nSPS) is 10.0. The van der Waals surface area contributed by atoms with E-state index in [9.17, 15) is 0 Å². The summed E-state index contributed by atoms with van der Waals surface area (Å²) in [4.78, 5) is 8.49. The van der Waals surface area contributed by atoms with Gasteiger partial charge in [0.1, 0.15) is 4.60 Å². The molecule has 0 saturated carbocycles. The average Bonchev–Trinajstić information content (AvgIpc) is 1.84. The molecule has 0 fully saturated rings. The van der Waals surface area contributed by atoms with Crippen molar-refractivity contribution in [3.8, 4) is 0 Å². The number of hydrogen-bond acceptors (Lipinski definition) is 2. The maximum Gasteiger partial charge on any atom is 0.127 e. The van der Waals surface area contributed by atoms with E-state index < -0.39 is 0 Å². The first kappa shape index (κ1) is 7.66. The van der Waals surface area contributed by atoms with Crippen LogP contribution in [0.15, 0.2) is 4.60 Å². The van der Waals surface area contributed by atoms with Crippen LogP contribution in [0.2, 0.25) is 0 Å². The molecule has 0 N–H and O–H groups in total. The van der Waals surface area contributed by atoms with E-state index in [1.54, 1.807) is 0 Å². The van der Waals surface area contributed by atoms with Crippen molar-refractivity contribution in [3.05, 3.63) is 21.7 Å². The van der Waals surface area contributed by atoms with Crippen molar-refractivity contribution in [1.29, 1.82) is 0 Å². The largest absolute Gasteiger partial charge is 0.254 e. The molecule has 1 heterocycles. The molecule has 0 aliphatic rings. The summed E-state index contributed by atoms with van der Waals surface area (Å²) >= 11 is 3.31. The summed E-state index contributed by atoms with van der Waals surface area (Å²) in [6, 6.07) is 0. The molecule has 1 aromatic heterocycles. The van der Waals surface area contributed by atoms with Gasteiger partial charge in [-0.15, -0.1) is 0 Å². The van der Waals surface area contributed by atoms with E-state index >= 15 is 0 Å². The van der Waals surface area contributed by atoms with Crippen LogP contribution in [0.5, 0.6) is 0 Å². The zero-order valence-corrected chi connectivity index (χ0v) is 7.86. The lowest BCUT2D eigenvalue weighted by molar-refractivity contribution is 0.980. The molecule has 0 bridgehead atoms. The van der Waals surface area contributed by atoms with E-state index in [0.29, 0.717) is 0 Å². The second kappa shape index (κ2) is 2.66. The van der Waals surface area contributed by atoms with Gasteiger partial charge in [0, 0.05) is 0 Å². The summed E-state index contributed by atoms with van der Waals surface area (Å²) < 4.78 is 0.843. The molecule has 54 valence electrons. The molecule has 0 aliphatic heterocycles. The van der Waals surface area contributed by atoms with Crippen LogP contribution >= 0.6 is 15.9 Å². The molecule has 0 spiro atoms. The fourth-order valence-corrected chi connectivity index (χ4v) is 1.04. The summed E-state index contributed by atoms with van der Waals surface area (Å²) in [7, 11) is 0. The standard InChI is InChI=1S/C7H9BrN2/c1-4-5(2)10-7(8)6(3)9-4/h1-3H3. The molecule has 0 saturated heterocycles. The molecule has 0 amide bonds. The van der Waals surface area contributed by atoms with Crippen molar-refractivity contribution in [2.24, 2.45) is 0 Å². The molecular weight excluding hydrogens is 192 g/mol. The Hall–Kier alpha value is -0.440. The Bertz CT molecular complexity index is 208. The van der Waals surface area contributed by atoms with E-state index in [-0.39, 0.29) is 0 Å². The lowest BCUT2D eigenvalue weighted by atomic mass is 10.3. The second-order valence-corrected chi connectivity index (χ2v) is 3.02. The number of aromatic nitrogens is 2. The number of aryl methyl sites for hydroxylation is 3. The van der Waals surface area contributed by atoms with Gasteiger partial charge in [0.25, 0.3) is 0 Å². The van der Waals surface area contributed by atoms with Crippen LogP contribution in [0.3, 0.4) is 0 Å². The van der Waals surface area contributed by atoms with Gasteiger partial charge in [0.05, 0.1) is 17.1 Å². The highest BCUT2D eigenvalue weighted by Gasteiger charge is 2.00. The van der Waals surface area contributed by atoms with Crippen molar-refractivity contribution >= 4 is 15.9 Å². The van der Waals surface area contributed by atoms with Gasteiger partial charge in [-0.05, 0) is 36.7 Å². The van der Waals surface area contributed by atoms with Crippen LogP contribution < -0.4 is 0 Å². The van der Waals surface area contributed by atoms with Crippen LogP contribution in [0.1, 0.15) is 17.1 Å². The Labute approximate surface area is 68.8 Å². The third-order valence-electron chi connectivity index (χ3n) is 1.42. The van der Waals surface area contributed by atoms with Crippen LogP contribution in [-0.4, -0.2) is 9.97 Å². The van der Waals surface area contributed by atoms with Crippen LogP contribution in [0.4, 0.5) is 0 Å². The van der Waals surface area contributed by atoms with E-state index in [0.717, 1.165) is 21.7 Å². The molecule has 2 nitrogen and oxygen atoms in total. The molecule has 0 unspecified atom stereocenters. The van der Waals surface area contributed by atoms with Crippen LogP contribution in [0.25, 0.3) is 0 Å². The van der Waals surface area contributed by atoms with Crippen LogP contribution in [-0.2, 0) is 0 Å². The number of nitrogens with zero attached hydrogens (tertiary/aromatic N) is 2. The van der Waals surface area contributed by atoms with Crippen molar-refractivity contribution in [3.63, 3.8) is 0 Å². The monoisotopic (exact) mass is 200 g/mol. The Balaban J connectivity index is 3.28. The fraction of sp³-hybridized carbons (Fsp3) is 0.429. The first-order valence-electron chi connectivity index (χ1n) is 3.08. The van der Waals surface area contributed by atoms with Gasteiger partial charge in [-0.3, -0.25) is 4.98 Å². The van der Waals surface area contributed by atoms with Gasteiger partial charge in [-0.1, -0.05) is 0 Å². The first-order valence-corrected chi connectivity index (χ1v) is 3.88. The number of rotatable bonds is 0. The highest BCUT2D eigenvalue weighted by molar-refractivity contribution is 9.10. The Kier molecular flexibility index (Phi) is 2.04. The zero-order chi connectivity index (χ0) is 7.72. The maximum absolute atomic E-state index is 4.26. The fourth-order valence-electron chi connectivity index (χ4n) is 0.688. The van der Waals surface area contributed by atoms with E-state index in [1.807, 2.05) is 20.8 Å². The molecule has 10 heavy (non-hydrogen) atoms. The maximum atomic E-state index is 4.26. The predicted octanol–water partition coefficient (Wildman–Crippen LogP) is 2.16. The molecule has 1 aromatic rings. The first-order chi connectivity index (χ1) is 4.61. The average molecular weight is 201 g/mol. The topological polar surface area (TPSA) is 25.8 Å². The van der Waals surface area contributed by atoms with Crippen molar-refractivity contribution in [1.82, 2.24) is 9.97 Å². The number of hydrogen-bond donors (Lipinski definition) is 0. The summed E-state index contributed by atoms with van der Waals surface area (Å²) in [6.07, 6.45) is 0. The van der Waals surface area contributed by atoms with Crippen molar-refractivity contribution in [2.45, 2.75) is 20.8 Å². The SMILES string of the molecule is Cc1nc(C)c(Br)nc1C. The van der Waals surface area contributed by atoms with Crippen molar-refractivity contribution in [2.75, 3.05) is 0 Å². The highest BCUT2D eigenvalue weighted by Crippen LogP contribution is 2.12. The molecular formula is C7H9BrN2. The zero-order valence-electron chi connectivity index (χ0n) is 6.27. The van der Waals surface area contributed by atoms with Gasteiger partial charge in [-0.2, -0.15) is 0 Å². The molecule has 0 atom stereocenters. The van der Waals surface area contributed by atoms with Crippen LogP contribution in [0, 0.1) is 20.8 Å². The molecule has 0 radical (unpaired) electrons. The lowest BCUT2D eigenvalue weighted by Gasteiger charge is -2.00. The third-order valence-corrected chi connectivity index (χ3v) is 2.17. The van der Waals surface area contributed by atoms with Gasteiger partial charge >= 0.3 is 0 Å². The Morgan fingerprint density at radius 3 is 1.90 bits per heavy atom. The molecule has 0 aliphatic carbocycles. The minimum atomic E-state index is 0.843. The summed E-state index contributed by atoms with van der Waals surface area (Å²) in [6.45, 7) is 5.85. The lowest BCUT2D eigenvalue weighted by Crippen LogP contribution is -1.95. The van der Waals surface area contributed by atoms with Gasteiger partial charge < -0.3 is 0 Å². The highest BCUT2D eigenvalue weighted by atomic mass is 79.9. The minimum Gasteiger partial charge on any atom is -0.254 e. The molecule has 0 aromatic carbocycles. The number of halogens is 1. The van der Waals surface area contributed by atoms with E-state index in [1.165, 1.54) is 0 Å². The summed E-state index contributed by atoms with van der Waals surface area (Å²) in [5.41, 5.74) is 2.93. The Morgan fingerprint density at radius 1 is 0.900 bits per heavy atom. The summed E-state index contributed by atoms with van der Waals surface area (Å²) in [5, 5.41) is 0. The smallest absolute Gasteiger partial charge is 0.127 e. The van der Waals surface area contributed by atoms with Gasteiger partial charge in [0.2, 0.25) is 0 Å². The molecule has 1 rings (SSSR count). The quantitative estimate of drug-likeness (QED) is 0.642. The van der Waals surface area contributed by atoms with Crippen molar-refractivity contribution < 1.29 is 0 Å². The van der Waals surface area contributed by atoms with Gasteiger partial charge in [-0.25, -0.2) is 4.98 Å². The summed E-state index contributed by atoms with van der Waals surface area (Å²) in [5.74, 6) is 0. The predicted molar refractivity (Wildman–Crippen MR) is 43.9 cm³/mol. The Morgan fingerprint density at radius 2 is 1.40 bits per heavy atom. The van der Waals surface area contributed by atoms with E-state index in [4.69, 9.17) is 0 Å².